The molecule has 5 heteroatoms. The number of phenols is 1. The van der Waals surface area contributed by atoms with Crippen molar-refractivity contribution in [2.75, 3.05) is 18.5 Å². The maximum atomic E-state index is 12.8. The zero-order chi connectivity index (χ0) is 17.1. The van der Waals surface area contributed by atoms with E-state index in [-0.39, 0.29) is 11.7 Å². The maximum Gasteiger partial charge on any atom is 0.258 e. The van der Waals surface area contributed by atoms with Gasteiger partial charge >= 0.3 is 0 Å². The summed E-state index contributed by atoms with van der Waals surface area (Å²) in [5, 5.41) is 13.9. The number of aromatic hydroxyl groups is 1. The number of hydrogen-bond donors (Lipinski definition) is 2. The quantitative estimate of drug-likeness (QED) is 0.826. The number of carbonyl (C=O) groups is 1. The standard InChI is InChI=1S/C19H20N2O3/c1-3-12-21-18(14-9-7-11-16(17(14)22)24-4-2)20-15-10-6-5-8-13(15)19(21)23/h3,5-11,18,20,22H,1,4,12H2,2H3/t18-/m0/s1. The Balaban J connectivity index is 2.07. The zero-order valence-electron chi connectivity index (χ0n) is 13.5. The lowest BCUT2D eigenvalue weighted by Crippen LogP contribution is -2.43. The van der Waals surface area contributed by atoms with Gasteiger partial charge in [0.15, 0.2) is 11.5 Å². The number of carbonyl (C=O) groups excluding carboxylic acids is 1. The summed E-state index contributed by atoms with van der Waals surface area (Å²) in [6.07, 6.45) is 1.18. The molecule has 124 valence electrons. The molecule has 0 saturated carbocycles. The second-order valence-corrected chi connectivity index (χ2v) is 5.47. The number of nitrogens with one attached hydrogen (secondary N) is 1. The van der Waals surface area contributed by atoms with Crippen LogP contribution in [0.4, 0.5) is 5.69 Å². The fraction of sp³-hybridized carbons (Fsp3) is 0.211. The Morgan fingerprint density at radius 1 is 1.29 bits per heavy atom. The highest BCUT2D eigenvalue weighted by Gasteiger charge is 2.33. The number of fused-ring (bicyclic) bond motifs is 1. The van der Waals surface area contributed by atoms with Gasteiger partial charge in [0.2, 0.25) is 0 Å². The number of phenolic OH excluding ortho intramolecular Hbond substituents is 1. The van der Waals surface area contributed by atoms with Gasteiger partial charge in [-0.2, -0.15) is 0 Å². The van der Waals surface area contributed by atoms with Crippen LogP contribution in [0.15, 0.2) is 55.1 Å². The number of ether oxygens (including phenoxy) is 1. The summed E-state index contributed by atoms with van der Waals surface area (Å²) in [5.41, 5.74) is 1.94. The minimum atomic E-state index is -0.495. The van der Waals surface area contributed by atoms with Crippen LogP contribution in [0.25, 0.3) is 0 Å². The largest absolute Gasteiger partial charge is 0.504 e. The van der Waals surface area contributed by atoms with Gasteiger partial charge in [0.05, 0.1) is 12.2 Å². The molecule has 3 rings (SSSR count). The van der Waals surface area contributed by atoms with Crippen LogP contribution in [0.2, 0.25) is 0 Å². The first-order valence-corrected chi connectivity index (χ1v) is 7.89. The van der Waals surface area contributed by atoms with Crippen LogP contribution in [-0.2, 0) is 0 Å². The molecule has 2 aromatic carbocycles. The molecule has 24 heavy (non-hydrogen) atoms. The smallest absolute Gasteiger partial charge is 0.258 e. The first-order valence-electron chi connectivity index (χ1n) is 7.89. The first kappa shape index (κ1) is 15.9. The van der Waals surface area contributed by atoms with Crippen LogP contribution in [0.5, 0.6) is 11.5 Å². The lowest BCUT2D eigenvalue weighted by molar-refractivity contribution is 0.0705. The summed E-state index contributed by atoms with van der Waals surface area (Å²) in [5.74, 6) is 0.343. The summed E-state index contributed by atoms with van der Waals surface area (Å²) in [6, 6.07) is 12.6. The molecule has 0 unspecified atom stereocenters. The highest BCUT2D eigenvalue weighted by atomic mass is 16.5. The topological polar surface area (TPSA) is 61.8 Å². The van der Waals surface area contributed by atoms with E-state index in [9.17, 15) is 9.90 Å². The van der Waals surface area contributed by atoms with Crippen molar-refractivity contribution < 1.29 is 14.6 Å². The molecule has 1 amide bonds. The third-order valence-corrected chi connectivity index (χ3v) is 3.97. The number of anilines is 1. The molecule has 0 fully saturated rings. The Morgan fingerprint density at radius 2 is 2.08 bits per heavy atom. The van der Waals surface area contributed by atoms with Gasteiger partial charge in [-0.15, -0.1) is 6.58 Å². The van der Waals surface area contributed by atoms with Gasteiger partial charge in [-0.1, -0.05) is 30.3 Å². The highest BCUT2D eigenvalue weighted by molar-refractivity contribution is 6.01. The number of hydrogen-bond acceptors (Lipinski definition) is 4. The van der Waals surface area contributed by atoms with Gasteiger partial charge in [0, 0.05) is 17.8 Å². The summed E-state index contributed by atoms with van der Waals surface area (Å²) in [7, 11) is 0. The number of rotatable bonds is 5. The molecule has 2 N–H and O–H groups in total. The van der Waals surface area contributed by atoms with Crippen molar-refractivity contribution in [3.05, 3.63) is 66.2 Å². The average Bonchev–Trinajstić information content (AvgIpc) is 2.60. The molecule has 0 saturated heterocycles. The maximum absolute atomic E-state index is 12.8. The lowest BCUT2D eigenvalue weighted by Gasteiger charge is -2.37. The normalized spacial score (nSPS) is 16.3. The fourth-order valence-corrected chi connectivity index (χ4v) is 2.90. The van der Waals surface area contributed by atoms with Crippen molar-refractivity contribution >= 4 is 11.6 Å². The van der Waals surface area contributed by atoms with E-state index in [1.165, 1.54) is 0 Å². The number of amides is 1. The van der Waals surface area contributed by atoms with Crippen molar-refractivity contribution in [2.45, 2.75) is 13.1 Å². The molecule has 1 atom stereocenters. The molecule has 5 nitrogen and oxygen atoms in total. The second kappa shape index (κ2) is 6.66. The van der Waals surface area contributed by atoms with Gasteiger partial charge in [-0.25, -0.2) is 0 Å². The van der Waals surface area contributed by atoms with Crippen LogP contribution < -0.4 is 10.1 Å². The molecule has 1 aliphatic rings. The van der Waals surface area contributed by atoms with E-state index in [4.69, 9.17) is 4.74 Å². The number of para-hydroxylation sites is 2. The van der Waals surface area contributed by atoms with E-state index in [0.717, 1.165) is 5.69 Å². The van der Waals surface area contributed by atoms with Crippen molar-refractivity contribution in [1.82, 2.24) is 4.90 Å². The van der Waals surface area contributed by atoms with Gasteiger partial charge in [-0.05, 0) is 25.1 Å². The van der Waals surface area contributed by atoms with E-state index in [2.05, 4.69) is 11.9 Å². The predicted octanol–water partition coefficient (Wildman–Crippen LogP) is 3.54. The van der Waals surface area contributed by atoms with E-state index in [1.54, 1.807) is 35.2 Å². The Morgan fingerprint density at radius 3 is 2.83 bits per heavy atom. The summed E-state index contributed by atoms with van der Waals surface area (Å²) in [4.78, 5) is 14.5. The molecular formula is C19H20N2O3. The van der Waals surface area contributed by atoms with Crippen LogP contribution >= 0.6 is 0 Å². The molecular weight excluding hydrogens is 304 g/mol. The van der Waals surface area contributed by atoms with Crippen LogP contribution in [0, 0.1) is 0 Å². The molecule has 0 aliphatic carbocycles. The van der Waals surface area contributed by atoms with E-state index >= 15 is 0 Å². The molecule has 0 aromatic heterocycles. The summed E-state index contributed by atoms with van der Waals surface area (Å²) in [6.45, 7) is 6.41. The van der Waals surface area contributed by atoms with Gasteiger partial charge < -0.3 is 20.1 Å². The third-order valence-electron chi connectivity index (χ3n) is 3.97. The third kappa shape index (κ3) is 2.69. The second-order valence-electron chi connectivity index (χ2n) is 5.47. The van der Waals surface area contributed by atoms with Crippen molar-refractivity contribution in [3.63, 3.8) is 0 Å². The Hall–Kier alpha value is -2.95. The Bertz CT molecular complexity index is 773. The van der Waals surface area contributed by atoms with E-state index in [1.807, 2.05) is 25.1 Å². The van der Waals surface area contributed by atoms with E-state index < -0.39 is 6.17 Å². The summed E-state index contributed by atoms with van der Waals surface area (Å²) >= 11 is 0. The number of benzene rings is 2. The van der Waals surface area contributed by atoms with Gasteiger partial charge in [-0.3, -0.25) is 4.79 Å². The molecule has 0 bridgehead atoms. The highest BCUT2D eigenvalue weighted by Crippen LogP contribution is 2.40. The summed E-state index contributed by atoms with van der Waals surface area (Å²) < 4.78 is 5.46. The van der Waals surface area contributed by atoms with Gasteiger partial charge in [0.1, 0.15) is 6.17 Å². The first-order chi connectivity index (χ1) is 11.7. The van der Waals surface area contributed by atoms with Gasteiger partial charge in [0.25, 0.3) is 5.91 Å². The Kier molecular flexibility index (Phi) is 4.42. The van der Waals surface area contributed by atoms with Crippen molar-refractivity contribution in [3.8, 4) is 11.5 Å². The van der Waals surface area contributed by atoms with Crippen LogP contribution in [-0.4, -0.2) is 29.1 Å². The molecule has 2 aromatic rings. The zero-order valence-corrected chi connectivity index (χ0v) is 13.5. The van der Waals surface area contributed by atoms with Crippen LogP contribution in [0.1, 0.15) is 29.0 Å². The van der Waals surface area contributed by atoms with Crippen molar-refractivity contribution in [2.24, 2.45) is 0 Å². The molecule has 1 heterocycles. The van der Waals surface area contributed by atoms with Crippen LogP contribution in [0.3, 0.4) is 0 Å². The number of nitrogens with zero attached hydrogens (tertiary/aromatic N) is 1. The predicted molar refractivity (Wildman–Crippen MR) is 93.3 cm³/mol. The SMILES string of the molecule is C=CCN1C(=O)c2ccccc2N[C@@H]1c1cccc(OCC)c1O. The minimum absolute atomic E-state index is 0.0399. The average molecular weight is 324 g/mol. The molecule has 1 aliphatic heterocycles. The van der Waals surface area contributed by atoms with E-state index in [0.29, 0.717) is 30.0 Å². The molecule has 0 radical (unpaired) electrons. The monoisotopic (exact) mass is 324 g/mol. The minimum Gasteiger partial charge on any atom is -0.504 e. The van der Waals surface area contributed by atoms with Crippen molar-refractivity contribution in [1.29, 1.82) is 0 Å². The lowest BCUT2D eigenvalue weighted by atomic mass is 10.0. The molecule has 0 spiro atoms. The Labute approximate surface area is 141 Å². The fourth-order valence-electron chi connectivity index (χ4n) is 2.90.